The predicted octanol–water partition coefficient (Wildman–Crippen LogP) is 3.27. The predicted molar refractivity (Wildman–Crippen MR) is 104 cm³/mol. The number of aryl methyl sites for hydroxylation is 1. The molecule has 0 radical (unpaired) electrons. The Balaban J connectivity index is 1.46. The second-order valence-electron chi connectivity index (χ2n) is 6.56. The van der Waals surface area contributed by atoms with Crippen molar-refractivity contribution in [1.82, 2.24) is 10.2 Å². The fourth-order valence-electron chi connectivity index (χ4n) is 3.21. The number of nitrogens with zero attached hydrogens (tertiary/aromatic N) is 1. The number of hydrogen-bond donors (Lipinski definition) is 2. The van der Waals surface area contributed by atoms with E-state index in [1.165, 1.54) is 5.56 Å². The number of hydrogen-bond acceptors (Lipinski definition) is 3. The van der Waals surface area contributed by atoms with Crippen LogP contribution in [0, 0.1) is 0 Å². The Kier molecular flexibility index (Phi) is 6.63. The van der Waals surface area contributed by atoms with Gasteiger partial charge in [-0.1, -0.05) is 55.5 Å². The highest BCUT2D eigenvalue weighted by Gasteiger charge is 2.21. The van der Waals surface area contributed by atoms with Gasteiger partial charge in [-0.25, -0.2) is 4.79 Å². The van der Waals surface area contributed by atoms with Crippen molar-refractivity contribution >= 4 is 11.7 Å². The molecule has 2 aromatic carbocycles. The molecule has 2 amide bonds. The van der Waals surface area contributed by atoms with E-state index in [1.807, 2.05) is 30.3 Å². The van der Waals surface area contributed by atoms with Crippen LogP contribution < -0.4 is 10.6 Å². The zero-order chi connectivity index (χ0) is 18.2. The van der Waals surface area contributed by atoms with Gasteiger partial charge >= 0.3 is 6.03 Å². The van der Waals surface area contributed by atoms with Crippen molar-refractivity contribution in [3.8, 4) is 0 Å². The van der Waals surface area contributed by atoms with Gasteiger partial charge in [0.25, 0.3) is 0 Å². The molecular weight excluding hydrogens is 326 g/mol. The van der Waals surface area contributed by atoms with Crippen LogP contribution in [0.5, 0.6) is 0 Å². The minimum Gasteiger partial charge on any atom is -0.374 e. The molecule has 1 heterocycles. The summed E-state index contributed by atoms with van der Waals surface area (Å²) >= 11 is 0. The Morgan fingerprint density at radius 2 is 1.92 bits per heavy atom. The van der Waals surface area contributed by atoms with Gasteiger partial charge in [-0.2, -0.15) is 0 Å². The average molecular weight is 353 g/mol. The second kappa shape index (κ2) is 9.36. The van der Waals surface area contributed by atoms with Crippen molar-refractivity contribution in [2.45, 2.75) is 26.0 Å². The molecule has 0 aliphatic carbocycles. The van der Waals surface area contributed by atoms with Crippen molar-refractivity contribution in [2.24, 2.45) is 0 Å². The van der Waals surface area contributed by atoms with Crippen LogP contribution in [0.2, 0.25) is 0 Å². The molecule has 3 rings (SSSR count). The number of morpholine rings is 1. The zero-order valence-electron chi connectivity index (χ0n) is 15.3. The molecule has 0 aromatic heterocycles. The number of nitrogens with one attached hydrogen (secondary N) is 2. The van der Waals surface area contributed by atoms with Crippen LogP contribution in [-0.2, 0) is 17.7 Å². The van der Waals surface area contributed by atoms with E-state index in [-0.39, 0.29) is 12.1 Å². The molecule has 5 nitrogen and oxygen atoms in total. The van der Waals surface area contributed by atoms with Gasteiger partial charge in [-0.15, -0.1) is 0 Å². The van der Waals surface area contributed by atoms with Crippen LogP contribution in [0.3, 0.4) is 0 Å². The monoisotopic (exact) mass is 353 g/mol. The SMILES string of the molecule is CCc1ccccc1NC(=O)NCC1CN(Cc2ccccc2)CCO1. The highest BCUT2D eigenvalue weighted by atomic mass is 16.5. The smallest absolute Gasteiger partial charge is 0.319 e. The maximum absolute atomic E-state index is 12.2. The largest absolute Gasteiger partial charge is 0.374 e. The minimum atomic E-state index is -0.185. The molecule has 5 heteroatoms. The fraction of sp³-hybridized carbons (Fsp3) is 0.381. The van der Waals surface area contributed by atoms with Gasteiger partial charge in [0.1, 0.15) is 0 Å². The molecule has 0 saturated carbocycles. The van der Waals surface area contributed by atoms with Crippen LogP contribution in [-0.4, -0.2) is 43.3 Å². The van der Waals surface area contributed by atoms with Crippen molar-refractivity contribution in [3.63, 3.8) is 0 Å². The molecule has 0 bridgehead atoms. The normalized spacial score (nSPS) is 17.7. The summed E-state index contributed by atoms with van der Waals surface area (Å²) in [6, 6.07) is 18.1. The zero-order valence-corrected chi connectivity index (χ0v) is 15.3. The third kappa shape index (κ3) is 5.31. The number of urea groups is 1. The van der Waals surface area contributed by atoms with E-state index in [4.69, 9.17) is 4.74 Å². The second-order valence-corrected chi connectivity index (χ2v) is 6.56. The Morgan fingerprint density at radius 1 is 1.15 bits per heavy atom. The van der Waals surface area contributed by atoms with E-state index >= 15 is 0 Å². The van der Waals surface area contributed by atoms with E-state index in [9.17, 15) is 4.79 Å². The van der Waals surface area contributed by atoms with Crippen LogP contribution >= 0.6 is 0 Å². The van der Waals surface area contributed by atoms with Gasteiger partial charge in [0, 0.05) is 31.9 Å². The first-order chi connectivity index (χ1) is 12.7. The molecular formula is C21H27N3O2. The summed E-state index contributed by atoms with van der Waals surface area (Å²) in [5.41, 5.74) is 3.29. The molecule has 1 fully saturated rings. The minimum absolute atomic E-state index is 0.0135. The maximum atomic E-state index is 12.2. The number of carbonyl (C=O) groups is 1. The highest BCUT2D eigenvalue weighted by Crippen LogP contribution is 2.15. The standard InChI is InChI=1S/C21H27N3O2/c1-2-18-10-6-7-11-20(18)23-21(25)22-14-19-16-24(12-13-26-19)15-17-8-4-3-5-9-17/h3-11,19H,2,12-16H2,1H3,(H2,22,23,25). The summed E-state index contributed by atoms with van der Waals surface area (Å²) in [6.45, 7) is 5.93. The number of benzene rings is 2. The summed E-state index contributed by atoms with van der Waals surface area (Å²) in [6.07, 6.45) is 0.899. The van der Waals surface area contributed by atoms with Gasteiger partial charge in [0.05, 0.1) is 12.7 Å². The number of para-hydroxylation sites is 1. The molecule has 1 aliphatic rings. The molecule has 1 aliphatic heterocycles. The number of amides is 2. The summed E-state index contributed by atoms with van der Waals surface area (Å²) in [5, 5.41) is 5.87. The van der Waals surface area contributed by atoms with Crippen molar-refractivity contribution in [3.05, 3.63) is 65.7 Å². The van der Waals surface area contributed by atoms with Gasteiger partial charge in [0.2, 0.25) is 0 Å². The lowest BCUT2D eigenvalue weighted by molar-refractivity contribution is -0.0285. The molecule has 2 N–H and O–H groups in total. The van der Waals surface area contributed by atoms with Crippen LogP contribution in [0.4, 0.5) is 10.5 Å². The summed E-state index contributed by atoms with van der Waals surface area (Å²) in [5.74, 6) is 0. The first-order valence-corrected chi connectivity index (χ1v) is 9.25. The summed E-state index contributed by atoms with van der Waals surface area (Å²) in [4.78, 5) is 14.6. The third-order valence-electron chi connectivity index (χ3n) is 4.61. The number of rotatable bonds is 6. The van der Waals surface area contributed by atoms with Crippen molar-refractivity contribution in [1.29, 1.82) is 0 Å². The van der Waals surface area contributed by atoms with E-state index in [0.717, 1.165) is 37.3 Å². The molecule has 1 unspecified atom stereocenters. The van der Waals surface area contributed by atoms with Gasteiger partial charge < -0.3 is 15.4 Å². The van der Waals surface area contributed by atoms with Crippen LogP contribution in [0.25, 0.3) is 0 Å². The average Bonchev–Trinajstić information content (AvgIpc) is 2.68. The Morgan fingerprint density at radius 3 is 2.73 bits per heavy atom. The lowest BCUT2D eigenvalue weighted by Gasteiger charge is -2.33. The van der Waals surface area contributed by atoms with E-state index < -0.39 is 0 Å². The van der Waals surface area contributed by atoms with E-state index in [0.29, 0.717) is 13.2 Å². The lowest BCUT2D eigenvalue weighted by atomic mass is 10.1. The first-order valence-electron chi connectivity index (χ1n) is 9.25. The number of ether oxygens (including phenoxy) is 1. The summed E-state index contributed by atoms with van der Waals surface area (Å²) in [7, 11) is 0. The van der Waals surface area contributed by atoms with E-state index in [2.05, 4.69) is 46.7 Å². The Labute approximate surface area is 155 Å². The Bertz CT molecular complexity index is 705. The van der Waals surface area contributed by atoms with Crippen LogP contribution in [0.15, 0.2) is 54.6 Å². The molecule has 138 valence electrons. The van der Waals surface area contributed by atoms with E-state index in [1.54, 1.807) is 0 Å². The quantitative estimate of drug-likeness (QED) is 0.838. The third-order valence-corrected chi connectivity index (χ3v) is 4.61. The molecule has 0 spiro atoms. The Hall–Kier alpha value is -2.37. The van der Waals surface area contributed by atoms with Gasteiger partial charge in [0.15, 0.2) is 0 Å². The lowest BCUT2D eigenvalue weighted by Crippen LogP contribution is -2.47. The molecule has 26 heavy (non-hydrogen) atoms. The van der Waals surface area contributed by atoms with Gasteiger partial charge in [-0.05, 0) is 23.6 Å². The molecule has 2 aromatic rings. The van der Waals surface area contributed by atoms with Crippen LogP contribution in [0.1, 0.15) is 18.1 Å². The van der Waals surface area contributed by atoms with Gasteiger partial charge in [-0.3, -0.25) is 4.90 Å². The van der Waals surface area contributed by atoms with Crippen molar-refractivity contribution in [2.75, 3.05) is 31.6 Å². The first kappa shape index (κ1) is 18.4. The highest BCUT2D eigenvalue weighted by molar-refractivity contribution is 5.90. The molecule has 1 saturated heterocycles. The topological polar surface area (TPSA) is 53.6 Å². The fourth-order valence-corrected chi connectivity index (χ4v) is 3.21. The maximum Gasteiger partial charge on any atom is 0.319 e. The van der Waals surface area contributed by atoms with Crippen molar-refractivity contribution < 1.29 is 9.53 Å². The molecule has 1 atom stereocenters. The summed E-state index contributed by atoms with van der Waals surface area (Å²) < 4.78 is 5.81. The number of anilines is 1. The number of carbonyl (C=O) groups excluding carboxylic acids is 1.